The highest BCUT2D eigenvalue weighted by molar-refractivity contribution is 6.01. The van der Waals surface area contributed by atoms with Crippen LogP contribution >= 0.6 is 0 Å². The second kappa shape index (κ2) is 8.28. The quantitative estimate of drug-likeness (QED) is 0.655. The molecule has 2 atom stereocenters. The van der Waals surface area contributed by atoms with Crippen molar-refractivity contribution in [1.82, 2.24) is 19.8 Å². The number of carbonyl (C=O) groups excluding carboxylic acids is 2. The zero-order valence-corrected chi connectivity index (χ0v) is 17.5. The van der Waals surface area contributed by atoms with Crippen LogP contribution in [0.15, 0.2) is 48.5 Å². The Balaban J connectivity index is 1.52. The molecule has 1 aliphatic rings. The van der Waals surface area contributed by atoms with Crippen LogP contribution < -0.4 is 5.32 Å². The summed E-state index contributed by atoms with van der Waals surface area (Å²) in [6.45, 7) is 5.31. The van der Waals surface area contributed by atoms with Gasteiger partial charge in [0.05, 0.1) is 23.7 Å². The van der Waals surface area contributed by atoms with Gasteiger partial charge >= 0.3 is 0 Å². The molecule has 156 valence electrons. The van der Waals surface area contributed by atoms with E-state index >= 15 is 0 Å². The first-order valence-corrected chi connectivity index (χ1v) is 10.1. The number of fused-ring (bicyclic) bond motifs is 2. The summed E-state index contributed by atoms with van der Waals surface area (Å²) in [7, 11) is 1.66. The van der Waals surface area contributed by atoms with Crippen molar-refractivity contribution in [3.05, 3.63) is 65.5 Å². The Hall–Kier alpha value is -3.19. The molecule has 0 saturated heterocycles. The van der Waals surface area contributed by atoms with Gasteiger partial charge in [0.2, 0.25) is 5.91 Å². The van der Waals surface area contributed by atoms with E-state index < -0.39 is 6.04 Å². The Bertz CT molecular complexity index is 1090. The number of aromatic nitrogens is 2. The summed E-state index contributed by atoms with van der Waals surface area (Å²) in [6, 6.07) is 14.5. The van der Waals surface area contributed by atoms with E-state index in [1.807, 2.05) is 55.5 Å². The van der Waals surface area contributed by atoms with E-state index in [0.717, 1.165) is 22.4 Å². The van der Waals surface area contributed by atoms with Crippen molar-refractivity contribution in [1.29, 1.82) is 0 Å². The summed E-state index contributed by atoms with van der Waals surface area (Å²) in [6.07, 6.45) is 0. The second-order valence-electron chi connectivity index (χ2n) is 7.60. The summed E-state index contributed by atoms with van der Waals surface area (Å²) >= 11 is 0. The van der Waals surface area contributed by atoms with Crippen molar-refractivity contribution in [2.45, 2.75) is 39.0 Å². The normalized spacial score (nSPS) is 15.3. The molecule has 3 aromatic rings. The fourth-order valence-corrected chi connectivity index (χ4v) is 3.97. The monoisotopic (exact) mass is 406 g/mol. The smallest absolute Gasteiger partial charge is 0.255 e. The molecule has 1 aliphatic heterocycles. The fraction of sp³-hybridized carbons (Fsp3) is 0.348. The van der Waals surface area contributed by atoms with Gasteiger partial charge in [-0.3, -0.25) is 9.59 Å². The van der Waals surface area contributed by atoms with Crippen LogP contribution in [0.1, 0.15) is 41.6 Å². The van der Waals surface area contributed by atoms with Crippen LogP contribution in [0.3, 0.4) is 0 Å². The van der Waals surface area contributed by atoms with Gasteiger partial charge in [-0.25, -0.2) is 4.98 Å². The van der Waals surface area contributed by atoms with E-state index in [0.29, 0.717) is 25.3 Å². The minimum absolute atomic E-state index is 0.103. The molecule has 2 amide bonds. The van der Waals surface area contributed by atoms with Crippen molar-refractivity contribution in [3.63, 3.8) is 0 Å². The number of benzene rings is 2. The Labute approximate surface area is 175 Å². The zero-order chi connectivity index (χ0) is 21.3. The van der Waals surface area contributed by atoms with E-state index in [-0.39, 0.29) is 17.9 Å². The first-order chi connectivity index (χ1) is 14.5. The molecular weight excluding hydrogens is 380 g/mol. The minimum Gasteiger partial charge on any atom is -0.383 e. The summed E-state index contributed by atoms with van der Waals surface area (Å²) < 4.78 is 7.32. The first-order valence-electron chi connectivity index (χ1n) is 10.1. The maximum Gasteiger partial charge on any atom is 0.255 e. The predicted molar refractivity (Wildman–Crippen MR) is 114 cm³/mol. The van der Waals surface area contributed by atoms with Gasteiger partial charge in [0, 0.05) is 25.8 Å². The third-order valence-corrected chi connectivity index (χ3v) is 5.65. The number of imidazole rings is 1. The Morgan fingerprint density at radius 1 is 1.17 bits per heavy atom. The SMILES string of the molecule is COCCn1c(C(C)NC(=O)C(C)N2Cc3ccccc3C2=O)nc2ccccc21. The average molecular weight is 406 g/mol. The number of para-hydroxylation sites is 2. The summed E-state index contributed by atoms with van der Waals surface area (Å²) in [5.41, 5.74) is 3.51. The van der Waals surface area contributed by atoms with Crippen molar-refractivity contribution in [2.75, 3.05) is 13.7 Å². The molecule has 2 aromatic carbocycles. The van der Waals surface area contributed by atoms with E-state index in [2.05, 4.69) is 9.88 Å². The molecule has 2 unspecified atom stereocenters. The van der Waals surface area contributed by atoms with Crippen LogP contribution in [0.2, 0.25) is 0 Å². The number of carbonyl (C=O) groups is 2. The number of rotatable bonds is 7. The van der Waals surface area contributed by atoms with Crippen molar-refractivity contribution < 1.29 is 14.3 Å². The molecule has 0 aliphatic carbocycles. The van der Waals surface area contributed by atoms with Crippen LogP contribution in [0.5, 0.6) is 0 Å². The standard InChI is InChI=1S/C23H26N4O3/c1-15(21-25-19-10-6-7-11-20(19)26(21)12-13-30-3)24-22(28)16(2)27-14-17-8-4-5-9-18(17)23(27)29/h4-11,15-16H,12-14H2,1-3H3,(H,24,28). The third kappa shape index (κ3) is 3.57. The van der Waals surface area contributed by atoms with E-state index in [1.165, 1.54) is 0 Å². The molecule has 7 nitrogen and oxygen atoms in total. The Morgan fingerprint density at radius 3 is 2.67 bits per heavy atom. The maximum absolute atomic E-state index is 13.0. The van der Waals surface area contributed by atoms with E-state index in [1.54, 1.807) is 18.9 Å². The summed E-state index contributed by atoms with van der Waals surface area (Å²) in [5, 5.41) is 3.04. The molecule has 0 bridgehead atoms. The van der Waals surface area contributed by atoms with Crippen molar-refractivity contribution >= 4 is 22.8 Å². The lowest BCUT2D eigenvalue weighted by molar-refractivity contribution is -0.125. The maximum atomic E-state index is 13.0. The second-order valence-corrected chi connectivity index (χ2v) is 7.60. The van der Waals surface area contributed by atoms with Crippen LogP contribution in [0.25, 0.3) is 11.0 Å². The van der Waals surface area contributed by atoms with E-state index in [4.69, 9.17) is 9.72 Å². The molecule has 2 heterocycles. The predicted octanol–water partition coefficient (Wildman–Crippen LogP) is 2.90. The highest BCUT2D eigenvalue weighted by Crippen LogP contribution is 2.25. The van der Waals surface area contributed by atoms with Crippen LogP contribution in [0.4, 0.5) is 0 Å². The molecule has 0 saturated carbocycles. The number of hydrogen-bond acceptors (Lipinski definition) is 4. The van der Waals surface area contributed by atoms with Gasteiger partial charge in [-0.05, 0) is 37.6 Å². The number of ether oxygens (including phenoxy) is 1. The molecule has 4 rings (SSSR count). The topological polar surface area (TPSA) is 76.5 Å². The minimum atomic E-state index is -0.579. The third-order valence-electron chi connectivity index (χ3n) is 5.65. The average Bonchev–Trinajstić information content (AvgIpc) is 3.30. The molecule has 0 radical (unpaired) electrons. The van der Waals surface area contributed by atoms with Crippen LogP contribution in [-0.2, 0) is 22.6 Å². The molecule has 7 heteroatoms. The van der Waals surface area contributed by atoms with Gasteiger partial charge in [0.1, 0.15) is 11.9 Å². The van der Waals surface area contributed by atoms with Crippen LogP contribution in [0, 0.1) is 0 Å². The van der Waals surface area contributed by atoms with Gasteiger partial charge in [0.25, 0.3) is 5.91 Å². The molecular formula is C23H26N4O3. The lowest BCUT2D eigenvalue weighted by atomic mass is 10.1. The lowest BCUT2D eigenvalue weighted by Crippen LogP contribution is -2.46. The zero-order valence-electron chi connectivity index (χ0n) is 17.5. The summed E-state index contributed by atoms with van der Waals surface area (Å²) in [5.74, 6) is 0.465. The number of amides is 2. The fourth-order valence-electron chi connectivity index (χ4n) is 3.97. The van der Waals surface area contributed by atoms with Crippen molar-refractivity contribution in [3.8, 4) is 0 Å². The van der Waals surface area contributed by atoms with Gasteiger partial charge in [-0.1, -0.05) is 30.3 Å². The van der Waals surface area contributed by atoms with Gasteiger partial charge in [-0.2, -0.15) is 0 Å². The molecule has 0 fully saturated rings. The van der Waals surface area contributed by atoms with E-state index in [9.17, 15) is 9.59 Å². The first kappa shape index (κ1) is 20.1. The molecule has 0 spiro atoms. The lowest BCUT2D eigenvalue weighted by Gasteiger charge is -2.25. The van der Waals surface area contributed by atoms with Gasteiger partial charge in [-0.15, -0.1) is 0 Å². The largest absolute Gasteiger partial charge is 0.383 e. The van der Waals surface area contributed by atoms with Crippen LogP contribution in [-0.4, -0.2) is 46.0 Å². The number of nitrogens with zero attached hydrogens (tertiary/aromatic N) is 3. The molecule has 1 N–H and O–H groups in total. The number of hydrogen-bond donors (Lipinski definition) is 1. The number of methoxy groups -OCH3 is 1. The number of nitrogens with one attached hydrogen (secondary N) is 1. The highest BCUT2D eigenvalue weighted by atomic mass is 16.5. The van der Waals surface area contributed by atoms with Gasteiger partial charge < -0.3 is 19.5 Å². The molecule has 30 heavy (non-hydrogen) atoms. The van der Waals surface area contributed by atoms with Gasteiger partial charge in [0.15, 0.2) is 0 Å². The Morgan fingerprint density at radius 2 is 1.90 bits per heavy atom. The summed E-state index contributed by atoms with van der Waals surface area (Å²) in [4.78, 5) is 32.0. The molecule has 1 aromatic heterocycles. The highest BCUT2D eigenvalue weighted by Gasteiger charge is 2.34. The van der Waals surface area contributed by atoms with Crippen molar-refractivity contribution in [2.24, 2.45) is 0 Å². The Kier molecular flexibility index (Phi) is 5.55.